The molecule has 1 fully saturated rings. The number of ether oxygens (including phenoxy) is 2. The van der Waals surface area contributed by atoms with E-state index in [4.69, 9.17) is 9.47 Å². The minimum atomic E-state index is -0.696. The van der Waals surface area contributed by atoms with Crippen LogP contribution >= 0.6 is 0 Å². The highest BCUT2D eigenvalue weighted by atomic mass is 16.6. The third-order valence-electron chi connectivity index (χ3n) is 3.94. The van der Waals surface area contributed by atoms with Crippen LogP contribution in [0.3, 0.4) is 0 Å². The van der Waals surface area contributed by atoms with Gasteiger partial charge >= 0.3 is 12.1 Å². The molecular weight excluding hydrogens is 354 g/mol. The molecule has 0 radical (unpaired) electrons. The summed E-state index contributed by atoms with van der Waals surface area (Å²) in [7, 11) is 0. The Labute approximate surface area is 157 Å². The summed E-state index contributed by atoms with van der Waals surface area (Å²) < 4.78 is 9.82. The Morgan fingerprint density at radius 1 is 0.963 bits per heavy atom. The van der Waals surface area contributed by atoms with Crippen LogP contribution in [-0.2, 0) is 19.1 Å². The highest BCUT2D eigenvalue weighted by Crippen LogP contribution is 2.04. The first-order valence-corrected chi connectivity index (χ1v) is 8.69. The maximum absolute atomic E-state index is 12.1. The lowest BCUT2D eigenvalue weighted by atomic mass is 10.2. The third-order valence-corrected chi connectivity index (χ3v) is 3.94. The summed E-state index contributed by atoms with van der Waals surface area (Å²) in [5.41, 5.74) is 0.431. The van der Waals surface area contributed by atoms with E-state index in [1.165, 1.54) is 9.80 Å². The zero-order valence-corrected chi connectivity index (χ0v) is 15.2. The van der Waals surface area contributed by atoms with Gasteiger partial charge in [-0.05, 0) is 19.1 Å². The standard InChI is InChI=1S/C18H23N3O6/c1-2-26-18(25)21-10-8-20(9-11-21)15(22)13-27-16(23)12-19-17(24)14-6-4-3-5-7-14/h3-7H,2,8-13H2,1H3,(H,19,24). The fourth-order valence-corrected chi connectivity index (χ4v) is 2.48. The first kappa shape index (κ1) is 20.2. The molecule has 3 amide bonds. The molecule has 0 bridgehead atoms. The summed E-state index contributed by atoms with van der Waals surface area (Å²) in [5, 5.41) is 2.44. The van der Waals surface area contributed by atoms with Gasteiger partial charge in [0.25, 0.3) is 11.8 Å². The summed E-state index contributed by atoms with van der Waals surface area (Å²) in [6, 6.07) is 8.46. The highest BCUT2D eigenvalue weighted by molar-refractivity contribution is 5.96. The quantitative estimate of drug-likeness (QED) is 0.713. The predicted molar refractivity (Wildman–Crippen MR) is 94.9 cm³/mol. The Balaban J connectivity index is 1.66. The van der Waals surface area contributed by atoms with E-state index >= 15 is 0 Å². The van der Waals surface area contributed by atoms with Crippen LogP contribution in [0.2, 0.25) is 0 Å². The van der Waals surface area contributed by atoms with Crippen LogP contribution in [0.15, 0.2) is 30.3 Å². The van der Waals surface area contributed by atoms with Gasteiger partial charge in [-0.25, -0.2) is 4.79 Å². The number of hydrogen-bond acceptors (Lipinski definition) is 6. The van der Waals surface area contributed by atoms with Gasteiger partial charge in [-0.1, -0.05) is 18.2 Å². The fourth-order valence-electron chi connectivity index (χ4n) is 2.48. The molecule has 1 saturated heterocycles. The number of amides is 3. The molecule has 1 aromatic rings. The van der Waals surface area contributed by atoms with Crippen molar-refractivity contribution in [2.75, 3.05) is 45.9 Å². The van der Waals surface area contributed by atoms with Gasteiger partial charge in [-0.3, -0.25) is 14.4 Å². The number of nitrogens with one attached hydrogen (secondary N) is 1. The van der Waals surface area contributed by atoms with Crippen LogP contribution in [0.4, 0.5) is 4.79 Å². The first-order chi connectivity index (χ1) is 13.0. The van der Waals surface area contributed by atoms with Crippen LogP contribution in [0.25, 0.3) is 0 Å². The monoisotopic (exact) mass is 377 g/mol. The summed E-state index contributed by atoms with van der Waals surface area (Å²) in [5.74, 6) is -1.44. The average molecular weight is 377 g/mol. The Morgan fingerprint density at radius 3 is 2.22 bits per heavy atom. The van der Waals surface area contributed by atoms with Gasteiger partial charge in [-0.2, -0.15) is 0 Å². The lowest BCUT2D eigenvalue weighted by Crippen LogP contribution is -2.51. The van der Waals surface area contributed by atoms with Gasteiger partial charge in [0.2, 0.25) is 0 Å². The van der Waals surface area contributed by atoms with Gasteiger partial charge in [0.1, 0.15) is 6.54 Å². The van der Waals surface area contributed by atoms with Crippen molar-refractivity contribution in [2.45, 2.75) is 6.92 Å². The highest BCUT2D eigenvalue weighted by Gasteiger charge is 2.25. The van der Waals surface area contributed by atoms with Crippen molar-refractivity contribution in [3.63, 3.8) is 0 Å². The first-order valence-electron chi connectivity index (χ1n) is 8.69. The molecule has 1 N–H and O–H groups in total. The minimum absolute atomic E-state index is 0.300. The second-order valence-corrected chi connectivity index (χ2v) is 5.78. The van der Waals surface area contributed by atoms with Crippen molar-refractivity contribution in [1.29, 1.82) is 0 Å². The van der Waals surface area contributed by atoms with Crippen LogP contribution in [0.1, 0.15) is 17.3 Å². The van der Waals surface area contributed by atoms with E-state index in [1.54, 1.807) is 37.3 Å². The molecule has 146 valence electrons. The molecule has 27 heavy (non-hydrogen) atoms. The van der Waals surface area contributed by atoms with Crippen LogP contribution in [-0.4, -0.2) is 79.6 Å². The maximum Gasteiger partial charge on any atom is 0.409 e. The predicted octanol–water partition coefficient (Wildman–Crippen LogP) is 0.260. The molecule has 1 heterocycles. The van der Waals surface area contributed by atoms with Crippen LogP contribution in [0, 0.1) is 0 Å². The van der Waals surface area contributed by atoms with E-state index in [0.717, 1.165) is 0 Å². The fraction of sp³-hybridized carbons (Fsp3) is 0.444. The zero-order valence-electron chi connectivity index (χ0n) is 15.2. The molecule has 2 rings (SSSR count). The Kier molecular flexibility index (Phi) is 7.60. The second-order valence-electron chi connectivity index (χ2n) is 5.78. The Hall–Kier alpha value is -3.10. The molecule has 0 aromatic heterocycles. The van der Waals surface area contributed by atoms with Gasteiger partial charge in [0, 0.05) is 31.7 Å². The third kappa shape index (κ3) is 6.28. The molecular formula is C18H23N3O6. The van der Waals surface area contributed by atoms with E-state index in [-0.39, 0.29) is 12.5 Å². The number of piperazine rings is 1. The van der Waals surface area contributed by atoms with E-state index in [9.17, 15) is 19.2 Å². The maximum atomic E-state index is 12.1. The van der Waals surface area contributed by atoms with Crippen molar-refractivity contribution in [3.05, 3.63) is 35.9 Å². The van der Waals surface area contributed by atoms with Crippen molar-refractivity contribution >= 4 is 23.9 Å². The van der Waals surface area contributed by atoms with Crippen molar-refractivity contribution in [1.82, 2.24) is 15.1 Å². The number of rotatable bonds is 6. The number of carbonyl (C=O) groups is 4. The SMILES string of the molecule is CCOC(=O)N1CCN(C(=O)COC(=O)CNC(=O)c2ccccc2)CC1. The molecule has 0 unspecified atom stereocenters. The lowest BCUT2D eigenvalue weighted by Gasteiger charge is -2.33. The summed E-state index contributed by atoms with van der Waals surface area (Å²) in [6.07, 6.45) is -0.398. The van der Waals surface area contributed by atoms with Crippen LogP contribution < -0.4 is 5.32 Å². The average Bonchev–Trinajstić information content (AvgIpc) is 2.71. The number of nitrogens with zero attached hydrogens (tertiary/aromatic N) is 2. The van der Waals surface area contributed by atoms with Crippen LogP contribution in [0.5, 0.6) is 0 Å². The largest absolute Gasteiger partial charge is 0.454 e. The van der Waals surface area contributed by atoms with E-state index in [1.807, 2.05) is 0 Å². The van der Waals surface area contributed by atoms with Gasteiger partial charge < -0.3 is 24.6 Å². The second kappa shape index (κ2) is 10.1. The summed E-state index contributed by atoms with van der Waals surface area (Å²) in [6.45, 7) is 2.73. The van der Waals surface area contributed by atoms with Gasteiger partial charge in [0.05, 0.1) is 6.61 Å². The summed E-state index contributed by atoms with van der Waals surface area (Å²) >= 11 is 0. The molecule has 1 aromatic carbocycles. The van der Waals surface area contributed by atoms with E-state index in [0.29, 0.717) is 38.3 Å². The summed E-state index contributed by atoms with van der Waals surface area (Å²) in [4.78, 5) is 50.3. The van der Waals surface area contributed by atoms with E-state index in [2.05, 4.69) is 5.32 Å². The van der Waals surface area contributed by atoms with Gasteiger partial charge in [0.15, 0.2) is 6.61 Å². The Bertz CT molecular complexity index is 671. The lowest BCUT2D eigenvalue weighted by molar-refractivity contribution is -0.151. The number of esters is 1. The number of benzene rings is 1. The smallest absolute Gasteiger partial charge is 0.409 e. The molecule has 1 aliphatic rings. The number of hydrogen-bond donors (Lipinski definition) is 1. The minimum Gasteiger partial charge on any atom is -0.454 e. The molecule has 0 saturated carbocycles. The zero-order chi connectivity index (χ0) is 19.6. The molecule has 9 nitrogen and oxygen atoms in total. The molecule has 0 atom stereocenters. The van der Waals surface area contributed by atoms with Crippen molar-refractivity contribution in [3.8, 4) is 0 Å². The topological polar surface area (TPSA) is 105 Å². The van der Waals surface area contributed by atoms with Crippen molar-refractivity contribution in [2.24, 2.45) is 0 Å². The molecule has 0 aliphatic carbocycles. The van der Waals surface area contributed by atoms with Crippen molar-refractivity contribution < 1.29 is 28.7 Å². The Morgan fingerprint density at radius 2 is 1.59 bits per heavy atom. The van der Waals surface area contributed by atoms with Gasteiger partial charge in [-0.15, -0.1) is 0 Å². The van der Waals surface area contributed by atoms with E-state index < -0.39 is 24.6 Å². The molecule has 0 spiro atoms. The normalized spacial score (nSPS) is 13.7. The number of carbonyl (C=O) groups excluding carboxylic acids is 4. The molecule has 9 heteroatoms. The molecule has 1 aliphatic heterocycles.